The third-order valence-corrected chi connectivity index (χ3v) is 4.51. The zero-order chi connectivity index (χ0) is 14.5. The summed E-state index contributed by atoms with van der Waals surface area (Å²) >= 11 is 1.79. The lowest BCUT2D eigenvalue weighted by atomic mass is 10.1. The number of hydrogen-bond acceptors (Lipinski definition) is 4. The van der Waals surface area contributed by atoms with Gasteiger partial charge in [-0.2, -0.15) is 5.10 Å². The first-order valence-electron chi connectivity index (χ1n) is 7.09. The Balaban J connectivity index is 2.48. The molecule has 0 aromatic carbocycles. The van der Waals surface area contributed by atoms with Crippen molar-refractivity contribution >= 4 is 11.3 Å². The summed E-state index contributed by atoms with van der Waals surface area (Å²) < 4.78 is 7.56. The normalized spacial score (nSPS) is 12.6. The highest BCUT2D eigenvalue weighted by Gasteiger charge is 2.24. The van der Waals surface area contributed by atoms with E-state index >= 15 is 0 Å². The Bertz CT molecular complexity index is 547. The Morgan fingerprint density at radius 3 is 2.85 bits per heavy atom. The highest BCUT2D eigenvalue weighted by molar-refractivity contribution is 7.10. The van der Waals surface area contributed by atoms with Crippen LogP contribution in [-0.2, 0) is 13.0 Å². The van der Waals surface area contributed by atoms with E-state index in [0.29, 0.717) is 0 Å². The monoisotopic (exact) mass is 293 g/mol. The summed E-state index contributed by atoms with van der Waals surface area (Å²) in [7, 11) is 3.70. The maximum atomic E-state index is 5.51. The highest BCUT2D eigenvalue weighted by atomic mass is 32.1. The fraction of sp³-hybridized carbons (Fsp3) is 0.533. The number of aromatic nitrogens is 2. The van der Waals surface area contributed by atoms with Crippen LogP contribution in [0.15, 0.2) is 17.6 Å². The van der Waals surface area contributed by atoms with Crippen molar-refractivity contribution in [3.05, 3.63) is 33.8 Å². The number of nitrogens with one attached hydrogen (secondary N) is 1. The second-order valence-corrected chi connectivity index (χ2v) is 5.65. The summed E-state index contributed by atoms with van der Waals surface area (Å²) in [6.45, 7) is 5.26. The van der Waals surface area contributed by atoms with Gasteiger partial charge in [-0.3, -0.25) is 4.68 Å². The molecule has 0 saturated carbocycles. The van der Waals surface area contributed by atoms with Crippen LogP contribution in [0.2, 0.25) is 0 Å². The van der Waals surface area contributed by atoms with Crippen LogP contribution in [0.3, 0.4) is 0 Å². The topological polar surface area (TPSA) is 39.1 Å². The molecule has 2 aromatic rings. The van der Waals surface area contributed by atoms with Gasteiger partial charge in [0.2, 0.25) is 0 Å². The van der Waals surface area contributed by atoms with E-state index in [2.05, 4.69) is 40.4 Å². The van der Waals surface area contributed by atoms with Gasteiger partial charge in [-0.05, 0) is 36.9 Å². The molecule has 2 aromatic heterocycles. The lowest BCUT2D eigenvalue weighted by Crippen LogP contribution is -2.22. The number of aryl methyl sites for hydroxylation is 2. The van der Waals surface area contributed by atoms with E-state index in [9.17, 15) is 0 Å². The minimum atomic E-state index is 0.133. The first-order chi connectivity index (χ1) is 9.76. The maximum absolute atomic E-state index is 5.51. The molecule has 0 radical (unpaired) electrons. The number of rotatable bonds is 7. The fourth-order valence-electron chi connectivity index (χ4n) is 2.50. The smallest absolute Gasteiger partial charge is 0.161 e. The van der Waals surface area contributed by atoms with Crippen molar-refractivity contribution in [1.82, 2.24) is 15.1 Å². The first-order valence-corrected chi connectivity index (χ1v) is 7.97. The number of methoxy groups -OCH3 is 1. The van der Waals surface area contributed by atoms with Crippen molar-refractivity contribution in [1.29, 1.82) is 0 Å². The zero-order valence-corrected chi connectivity index (χ0v) is 13.5. The van der Waals surface area contributed by atoms with Crippen LogP contribution in [0.5, 0.6) is 5.75 Å². The van der Waals surface area contributed by atoms with Crippen LogP contribution in [-0.4, -0.2) is 23.9 Å². The van der Waals surface area contributed by atoms with Crippen molar-refractivity contribution in [3.8, 4) is 5.75 Å². The molecule has 1 N–H and O–H groups in total. The van der Waals surface area contributed by atoms with Crippen molar-refractivity contribution in [3.63, 3.8) is 0 Å². The first kappa shape index (κ1) is 15.1. The van der Waals surface area contributed by atoms with Gasteiger partial charge in [-0.15, -0.1) is 11.3 Å². The lowest BCUT2D eigenvalue weighted by molar-refractivity contribution is 0.400. The highest BCUT2D eigenvalue weighted by Crippen LogP contribution is 2.34. The Kier molecular flexibility index (Phi) is 5.20. The second-order valence-electron chi connectivity index (χ2n) is 4.71. The number of hydrogen-bond donors (Lipinski definition) is 1. The molecule has 0 spiro atoms. The second kappa shape index (κ2) is 6.90. The van der Waals surface area contributed by atoms with Crippen LogP contribution >= 0.6 is 11.3 Å². The molecule has 0 bridgehead atoms. The Morgan fingerprint density at radius 1 is 1.45 bits per heavy atom. The van der Waals surface area contributed by atoms with Gasteiger partial charge in [0, 0.05) is 11.4 Å². The predicted octanol–water partition coefficient (Wildman–Crippen LogP) is 3.23. The SMILES string of the molecule is CCCn1ncc(OC)c1C(NC)c1sccc1CC. The molecule has 1 atom stereocenters. The summed E-state index contributed by atoms with van der Waals surface area (Å²) in [5, 5.41) is 10.1. The Hall–Kier alpha value is -1.33. The van der Waals surface area contributed by atoms with Gasteiger partial charge in [0.15, 0.2) is 5.75 Å². The predicted molar refractivity (Wildman–Crippen MR) is 83.7 cm³/mol. The molecule has 0 aliphatic rings. The number of ether oxygens (including phenoxy) is 1. The molecule has 0 aliphatic heterocycles. The molecule has 0 saturated heterocycles. The average Bonchev–Trinajstić information content (AvgIpc) is 3.08. The van der Waals surface area contributed by atoms with Crippen LogP contribution in [0.25, 0.3) is 0 Å². The average molecular weight is 293 g/mol. The van der Waals surface area contributed by atoms with Gasteiger partial charge in [-0.25, -0.2) is 0 Å². The van der Waals surface area contributed by atoms with Crippen molar-refractivity contribution in [2.24, 2.45) is 0 Å². The molecule has 2 heterocycles. The van der Waals surface area contributed by atoms with E-state index < -0.39 is 0 Å². The third-order valence-electron chi connectivity index (χ3n) is 3.49. The van der Waals surface area contributed by atoms with Crippen LogP contribution in [0, 0.1) is 0 Å². The quantitative estimate of drug-likeness (QED) is 0.852. The summed E-state index contributed by atoms with van der Waals surface area (Å²) in [6.07, 6.45) is 3.91. The van der Waals surface area contributed by atoms with E-state index in [1.165, 1.54) is 10.4 Å². The molecule has 0 amide bonds. The lowest BCUT2D eigenvalue weighted by Gasteiger charge is -2.19. The number of thiophene rings is 1. The molecule has 20 heavy (non-hydrogen) atoms. The number of nitrogens with zero attached hydrogens (tertiary/aromatic N) is 2. The van der Waals surface area contributed by atoms with Crippen LogP contribution in [0.1, 0.15) is 42.4 Å². The minimum Gasteiger partial charge on any atom is -0.493 e. The molecule has 1 unspecified atom stereocenters. The van der Waals surface area contributed by atoms with Crippen molar-refractivity contribution < 1.29 is 4.74 Å². The van der Waals surface area contributed by atoms with E-state index in [1.54, 1.807) is 18.4 Å². The minimum absolute atomic E-state index is 0.133. The molecule has 110 valence electrons. The molecular formula is C15H23N3OS. The van der Waals surface area contributed by atoms with Crippen LogP contribution < -0.4 is 10.1 Å². The van der Waals surface area contributed by atoms with Crippen LogP contribution in [0.4, 0.5) is 0 Å². The summed E-state index contributed by atoms with van der Waals surface area (Å²) in [4.78, 5) is 1.35. The van der Waals surface area contributed by atoms with E-state index in [1.807, 2.05) is 13.2 Å². The third kappa shape index (κ3) is 2.74. The summed E-state index contributed by atoms with van der Waals surface area (Å²) in [5.41, 5.74) is 2.51. The van der Waals surface area contributed by atoms with Gasteiger partial charge in [0.25, 0.3) is 0 Å². The Morgan fingerprint density at radius 2 is 2.25 bits per heavy atom. The van der Waals surface area contributed by atoms with E-state index in [0.717, 1.165) is 30.8 Å². The zero-order valence-electron chi connectivity index (χ0n) is 12.6. The summed E-state index contributed by atoms with van der Waals surface area (Å²) in [6, 6.07) is 2.34. The van der Waals surface area contributed by atoms with E-state index in [4.69, 9.17) is 4.74 Å². The van der Waals surface area contributed by atoms with Gasteiger partial charge < -0.3 is 10.1 Å². The molecule has 2 rings (SSSR count). The van der Waals surface area contributed by atoms with Gasteiger partial charge in [0.1, 0.15) is 5.69 Å². The molecule has 5 heteroatoms. The Labute approximate surface area is 124 Å². The molecule has 0 aliphatic carbocycles. The summed E-state index contributed by atoms with van der Waals surface area (Å²) in [5.74, 6) is 0.855. The molecule has 0 fully saturated rings. The van der Waals surface area contributed by atoms with Crippen molar-refractivity contribution in [2.45, 2.75) is 39.3 Å². The van der Waals surface area contributed by atoms with Gasteiger partial charge >= 0.3 is 0 Å². The molecular weight excluding hydrogens is 270 g/mol. The standard InChI is InChI=1S/C15H23N3OS/c1-5-8-18-14(12(19-4)10-17-18)13(16-3)15-11(6-2)7-9-20-15/h7,9-10,13,16H,5-6,8H2,1-4H3. The van der Waals surface area contributed by atoms with Gasteiger partial charge in [-0.1, -0.05) is 13.8 Å². The van der Waals surface area contributed by atoms with Gasteiger partial charge in [0.05, 0.1) is 19.3 Å². The largest absolute Gasteiger partial charge is 0.493 e. The molecule has 4 nitrogen and oxygen atoms in total. The van der Waals surface area contributed by atoms with E-state index in [-0.39, 0.29) is 6.04 Å². The fourth-order valence-corrected chi connectivity index (χ4v) is 3.61. The van der Waals surface area contributed by atoms with Crippen molar-refractivity contribution in [2.75, 3.05) is 14.2 Å². The maximum Gasteiger partial charge on any atom is 0.161 e.